The van der Waals surface area contributed by atoms with Crippen LogP contribution in [-0.4, -0.2) is 28.9 Å². The van der Waals surface area contributed by atoms with E-state index >= 15 is 0 Å². The van der Waals surface area contributed by atoms with Gasteiger partial charge in [-0.3, -0.25) is 9.59 Å². The summed E-state index contributed by atoms with van der Waals surface area (Å²) in [6.45, 7) is 7.83. The Hall–Kier alpha value is -3.39. The zero-order chi connectivity index (χ0) is 26.0. The lowest BCUT2D eigenvalue weighted by Gasteiger charge is -2.33. The van der Waals surface area contributed by atoms with E-state index < -0.39 is 5.97 Å². The third kappa shape index (κ3) is 5.54. The standard InChI is InChI=1S/C28H32N2O5S/c1-16(2)30(27(32)20-8-5-17(3)6-9-20)22-15-24(36-25(22)28(33)34)19-10-12-21(13-11-19)29-26(31)23-14-7-18(4)35-23/h7,10-17,20H,5-6,8-9H2,1-4H3,(H,29,31)(H,33,34)/t17-,20-. The van der Waals surface area contributed by atoms with Gasteiger partial charge in [-0.1, -0.05) is 19.1 Å². The van der Waals surface area contributed by atoms with Gasteiger partial charge in [0.2, 0.25) is 5.91 Å². The van der Waals surface area contributed by atoms with Crippen LogP contribution in [-0.2, 0) is 4.79 Å². The molecule has 1 fully saturated rings. The average molecular weight is 509 g/mol. The van der Waals surface area contributed by atoms with E-state index in [4.69, 9.17) is 4.42 Å². The number of carboxylic acids is 1. The first-order valence-corrected chi connectivity index (χ1v) is 13.1. The minimum absolute atomic E-state index is 0.00923. The Balaban J connectivity index is 1.58. The highest BCUT2D eigenvalue weighted by Gasteiger charge is 2.33. The summed E-state index contributed by atoms with van der Waals surface area (Å²) in [6.07, 6.45) is 3.72. The fourth-order valence-corrected chi connectivity index (χ4v) is 5.67. The van der Waals surface area contributed by atoms with Crippen molar-refractivity contribution in [3.63, 3.8) is 0 Å². The smallest absolute Gasteiger partial charge is 0.348 e. The molecule has 3 aromatic rings. The van der Waals surface area contributed by atoms with E-state index in [9.17, 15) is 19.5 Å². The first kappa shape index (κ1) is 25.7. The number of nitrogens with one attached hydrogen (secondary N) is 1. The third-order valence-corrected chi connectivity index (χ3v) is 7.84. The Morgan fingerprint density at radius 3 is 2.28 bits per heavy atom. The van der Waals surface area contributed by atoms with E-state index in [0.29, 0.717) is 23.1 Å². The minimum Gasteiger partial charge on any atom is -0.477 e. The highest BCUT2D eigenvalue weighted by Crippen LogP contribution is 2.40. The normalized spacial score (nSPS) is 17.7. The Morgan fingerprint density at radius 1 is 1.06 bits per heavy atom. The number of carbonyl (C=O) groups is 3. The Bertz CT molecular complexity index is 1250. The highest BCUT2D eigenvalue weighted by atomic mass is 32.1. The molecule has 0 atom stereocenters. The monoisotopic (exact) mass is 508 g/mol. The summed E-state index contributed by atoms with van der Waals surface area (Å²) in [6, 6.07) is 12.2. The van der Waals surface area contributed by atoms with E-state index in [2.05, 4.69) is 12.2 Å². The van der Waals surface area contributed by atoms with Gasteiger partial charge < -0.3 is 19.7 Å². The molecule has 1 saturated carbocycles. The van der Waals surface area contributed by atoms with Crippen molar-refractivity contribution in [2.75, 3.05) is 10.2 Å². The molecular formula is C28H32N2O5S. The van der Waals surface area contributed by atoms with Gasteiger partial charge >= 0.3 is 5.97 Å². The number of carbonyl (C=O) groups excluding carboxylic acids is 2. The number of benzene rings is 1. The van der Waals surface area contributed by atoms with Crippen molar-refractivity contribution in [1.82, 2.24) is 0 Å². The average Bonchev–Trinajstić information content (AvgIpc) is 3.47. The fourth-order valence-electron chi connectivity index (χ4n) is 4.68. The summed E-state index contributed by atoms with van der Waals surface area (Å²) < 4.78 is 5.36. The molecule has 7 nitrogen and oxygen atoms in total. The molecule has 0 bridgehead atoms. The first-order chi connectivity index (χ1) is 17.1. The molecule has 1 aromatic carbocycles. The van der Waals surface area contributed by atoms with Crippen LogP contribution in [0.25, 0.3) is 10.4 Å². The SMILES string of the molecule is Cc1ccc(C(=O)Nc2ccc(-c3cc(N(C(=O)[C@H]4CC[C@H](C)CC4)C(C)C)c(C(=O)O)s3)cc2)o1. The maximum Gasteiger partial charge on any atom is 0.348 e. The second-order valence-corrected chi connectivity index (χ2v) is 10.9. The summed E-state index contributed by atoms with van der Waals surface area (Å²) in [5.41, 5.74) is 1.86. The van der Waals surface area contributed by atoms with Crippen LogP contribution >= 0.6 is 11.3 Å². The fraction of sp³-hybridized carbons (Fsp3) is 0.393. The maximum atomic E-state index is 13.5. The zero-order valence-electron chi connectivity index (χ0n) is 21.0. The van der Waals surface area contributed by atoms with Gasteiger partial charge in [0.1, 0.15) is 10.6 Å². The predicted molar refractivity (Wildman–Crippen MR) is 142 cm³/mol. The van der Waals surface area contributed by atoms with Gasteiger partial charge in [0.25, 0.3) is 5.91 Å². The van der Waals surface area contributed by atoms with Crippen LogP contribution in [0, 0.1) is 18.8 Å². The summed E-state index contributed by atoms with van der Waals surface area (Å²) in [4.78, 5) is 40.6. The maximum absolute atomic E-state index is 13.5. The Kier molecular flexibility index (Phi) is 7.64. The van der Waals surface area contributed by atoms with Gasteiger partial charge in [-0.25, -0.2) is 4.79 Å². The second kappa shape index (κ2) is 10.7. The predicted octanol–water partition coefficient (Wildman–Crippen LogP) is 6.83. The molecule has 0 spiro atoms. The number of carboxylic acid groups (broad SMARTS) is 1. The molecule has 0 radical (unpaired) electrons. The van der Waals surface area contributed by atoms with Crippen molar-refractivity contribution in [2.24, 2.45) is 11.8 Å². The number of anilines is 2. The van der Waals surface area contributed by atoms with Crippen LogP contribution in [0.3, 0.4) is 0 Å². The molecular weight excluding hydrogens is 476 g/mol. The van der Waals surface area contributed by atoms with E-state index in [0.717, 1.165) is 47.5 Å². The molecule has 1 aliphatic carbocycles. The number of hydrogen-bond donors (Lipinski definition) is 2. The second-order valence-electron chi connectivity index (χ2n) is 9.83. The number of furan rings is 1. The lowest BCUT2D eigenvalue weighted by atomic mass is 9.82. The van der Waals surface area contributed by atoms with Gasteiger partial charge in [0, 0.05) is 22.5 Å². The van der Waals surface area contributed by atoms with E-state index in [-0.39, 0.29) is 34.4 Å². The number of hydrogen-bond acceptors (Lipinski definition) is 5. The summed E-state index contributed by atoms with van der Waals surface area (Å²) >= 11 is 1.15. The Labute approximate surface area is 215 Å². The minimum atomic E-state index is -1.05. The van der Waals surface area contributed by atoms with Crippen molar-refractivity contribution in [3.05, 3.63) is 58.9 Å². The molecule has 190 valence electrons. The molecule has 36 heavy (non-hydrogen) atoms. The molecule has 0 saturated heterocycles. The summed E-state index contributed by atoms with van der Waals surface area (Å²) in [7, 11) is 0. The number of aromatic carboxylic acids is 1. The van der Waals surface area contributed by atoms with Crippen molar-refractivity contribution in [1.29, 1.82) is 0 Å². The van der Waals surface area contributed by atoms with E-state index in [1.54, 1.807) is 42.2 Å². The van der Waals surface area contributed by atoms with Crippen LogP contribution in [0.1, 0.15) is 72.4 Å². The molecule has 4 rings (SSSR count). The van der Waals surface area contributed by atoms with Crippen molar-refractivity contribution in [3.8, 4) is 10.4 Å². The number of nitrogens with zero attached hydrogens (tertiary/aromatic N) is 1. The third-order valence-electron chi connectivity index (χ3n) is 6.68. The topological polar surface area (TPSA) is 99.9 Å². The molecule has 0 unspecified atom stereocenters. The van der Waals surface area contributed by atoms with Gasteiger partial charge in [-0.2, -0.15) is 0 Å². The quantitative estimate of drug-likeness (QED) is 0.364. The van der Waals surface area contributed by atoms with Crippen molar-refractivity contribution < 1.29 is 23.9 Å². The molecule has 2 amide bonds. The van der Waals surface area contributed by atoms with E-state index in [1.165, 1.54) is 0 Å². The molecule has 1 aliphatic rings. The molecule has 8 heteroatoms. The highest BCUT2D eigenvalue weighted by molar-refractivity contribution is 7.18. The van der Waals surface area contributed by atoms with Gasteiger partial charge in [0.15, 0.2) is 5.76 Å². The first-order valence-electron chi connectivity index (χ1n) is 12.3. The van der Waals surface area contributed by atoms with Gasteiger partial charge in [-0.05, 0) is 88.3 Å². The molecule has 2 N–H and O–H groups in total. The van der Waals surface area contributed by atoms with E-state index in [1.807, 2.05) is 26.0 Å². The molecule has 2 heterocycles. The number of thiophene rings is 1. The molecule has 0 aliphatic heterocycles. The molecule has 2 aromatic heterocycles. The number of aryl methyl sites for hydroxylation is 1. The van der Waals surface area contributed by atoms with Gasteiger partial charge in [-0.15, -0.1) is 11.3 Å². The summed E-state index contributed by atoms with van der Waals surface area (Å²) in [5.74, 6) is 0.0612. The number of amides is 2. The lowest BCUT2D eigenvalue weighted by Crippen LogP contribution is -2.42. The van der Waals surface area contributed by atoms with Gasteiger partial charge in [0.05, 0.1) is 5.69 Å². The largest absolute Gasteiger partial charge is 0.477 e. The van der Waals surface area contributed by atoms with Crippen LogP contribution < -0.4 is 10.2 Å². The number of rotatable bonds is 7. The lowest BCUT2D eigenvalue weighted by molar-refractivity contribution is -0.123. The van der Waals surface area contributed by atoms with Crippen LogP contribution in [0.5, 0.6) is 0 Å². The summed E-state index contributed by atoms with van der Waals surface area (Å²) in [5, 5.41) is 12.7. The van der Waals surface area contributed by atoms with Crippen LogP contribution in [0.2, 0.25) is 0 Å². The zero-order valence-corrected chi connectivity index (χ0v) is 21.9. The van der Waals surface area contributed by atoms with Crippen LogP contribution in [0.15, 0.2) is 46.9 Å². The van der Waals surface area contributed by atoms with Crippen LogP contribution in [0.4, 0.5) is 11.4 Å². The Morgan fingerprint density at radius 2 is 1.72 bits per heavy atom. The van der Waals surface area contributed by atoms with Crippen molar-refractivity contribution >= 4 is 40.5 Å². The van der Waals surface area contributed by atoms with Crippen molar-refractivity contribution in [2.45, 2.75) is 59.4 Å².